The average Bonchev–Trinajstić information content (AvgIpc) is 3.35. The Labute approximate surface area is 215 Å². The zero-order valence-corrected chi connectivity index (χ0v) is 21.0. The molecule has 7 nitrogen and oxygen atoms in total. The quantitative estimate of drug-likeness (QED) is 0.387. The molecule has 0 spiro atoms. The van der Waals surface area contributed by atoms with E-state index in [4.69, 9.17) is 9.51 Å². The van der Waals surface area contributed by atoms with Crippen molar-refractivity contribution >= 4 is 17.4 Å². The third kappa shape index (κ3) is 4.50. The van der Waals surface area contributed by atoms with Gasteiger partial charge in [0.05, 0.1) is 5.69 Å². The van der Waals surface area contributed by atoms with Gasteiger partial charge in [0.15, 0.2) is 11.6 Å². The zero-order valence-electron chi connectivity index (χ0n) is 21.0. The number of imidazole rings is 1. The molecule has 0 fully saturated rings. The molecule has 2 aromatic carbocycles. The molecule has 37 heavy (non-hydrogen) atoms. The first-order valence-electron chi connectivity index (χ1n) is 13.2. The fourth-order valence-corrected chi connectivity index (χ4v) is 5.73. The predicted octanol–water partition coefficient (Wildman–Crippen LogP) is 5.16. The van der Waals surface area contributed by atoms with E-state index in [0.717, 1.165) is 84.4 Å². The number of aromatic amines is 1. The molecule has 0 amide bonds. The number of nitrogens with zero attached hydrogens (tertiary/aromatic N) is 3. The smallest absolute Gasteiger partial charge is 0.321 e. The van der Waals surface area contributed by atoms with Crippen molar-refractivity contribution < 1.29 is 9.32 Å². The maximum Gasteiger partial charge on any atom is 0.439 e. The minimum absolute atomic E-state index is 0.222. The normalized spacial score (nSPS) is 16.1. The topological polar surface area (TPSA) is 93.8 Å². The molecule has 0 unspecified atom stereocenters. The van der Waals surface area contributed by atoms with E-state index < -0.39 is 5.76 Å². The molecule has 0 saturated heterocycles. The van der Waals surface area contributed by atoms with Crippen molar-refractivity contribution in [2.24, 2.45) is 0 Å². The first-order chi connectivity index (χ1) is 18.1. The van der Waals surface area contributed by atoms with Crippen molar-refractivity contribution in [2.45, 2.75) is 64.8 Å². The molecule has 2 aliphatic carbocycles. The lowest BCUT2D eigenvalue weighted by atomic mass is 9.92. The monoisotopic (exact) mass is 494 g/mol. The van der Waals surface area contributed by atoms with Crippen LogP contribution in [0.25, 0.3) is 11.6 Å². The number of ketones is 1. The van der Waals surface area contributed by atoms with E-state index in [9.17, 15) is 9.59 Å². The van der Waals surface area contributed by atoms with Crippen LogP contribution in [0, 0.1) is 0 Å². The summed E-state index contributed by atoms with van der Waals surface area (Å²) in [7, 11) is 0. The molecule has 0 aliphatic heterocycles. The minimum Gasteiger partial charge on any atom is -0.321 e. The van der Waals surface area contributed by atoms with Gasteiger partial charge in [0.25, 0.3) is 0 Å². The van der Waals surface area contributed by atoms with Gasteiger partial charge < -0.3 is 4.57 Å². The summed E-state index contributed by atoms with van der Waals surface area (Å²) in [5.41, 5.74) is 8.71. The van der Waals surface area contributed by atoms with Crippen molar-refractivity contribution in [3.8, 4) is 0 Å². The SMILES string of the molecule is CCCc1nc2c(n1Cc1ccc3c(c1)CCc1ccccc1/C3=C\c1noc(=O)[nH]1)C(=O)CCCC2. The van der Waals surface area contributed by atoms with Gasteiger partial charge in [0.1, 0.15) is 11.5 Å². The average molecular weight is 495 g/mol. The number of aromatic nitrogens is 4. The van der Waals surface area contributed by atoms with Crippen molar-refractivity contribution in [2.75, 3.05) is 0 Å². The van der Waals surface area contributed by atoms with Crippen LogP contribution in [0.2, 0.25) is 0 Å². The molecule has 0 radical (unpaired) electrons. The summed E-state index contributed by atoms with van der Waals surface area (Å²) in [5.74, 6) is 1.07. The van der Waals surface area contributed by atoms with Crippen LogP contribution in [0.1, 0.15) is 88.3 Å². The van der Waals surface area contributed by atoms with Crippen molar-refractivity contribution in [1.82, 2.24) is 19.7 Å². The second-order valence-corrected chi connectivity index (χ2v) is 9.98. The first-order valence-corrected chi connectivity index (χ1v) is 13.2. The Kier molecular flexibility index (Phi) is 6.20. The summed E-state index contributed by atoms with van der Waals surface area (Å²) < 4.78 is 6.92. The zero-order chi connectivity index (χ0) is 25.4. The Bertz CT molecular complexity index is 1570. The van der Waals surface area contributed by atoms with E-state index in [-0.39, 0.29) is 5.78 Å². The highest BCUT2D eigenvalue weighted by Gasteiger charge is 2.25. The van der Waals surface area contributed by atoms with Crippen LogP contribution < -0.4 is 5.76 Å². The number of Topliss-reactive ketones (excluding diaryl/α,β-unsaturated/α-hetero) is 1. The molecular weight excluding hydrogens is 464 g/mol. The van der Waals surface area contributed by atoms with Gasteiger partial charge >= 0.3 is 5.76 Å². The third-order valence-corrected chi connectivity index (χ3v) is 7.43. The van der Waals surface area contributed by atoms with Crippen molar-refractivity contribution in [3.05, 3.63) is 104 Å². The van der Waals surface area contributed by atoms with E-state index in [2.05, 4.69) is 58.0 Å². The molecule has 0 atom stereocenters. The molecule has 2 aliphatic rings. The number of rotatable bonds is 5. The Balaban J connectivity index is 1.43. The van der Waals surface area contributed by atoms with Crippen LogP contribution in [0.15, 0.2) is 51.8 Å². The van der Waals surface area contributed by atoms with Crippen LogP contribution in [-0.4, -0.2) is 25.5 Å². The summed E-state index contributed by atoms with van der Waals surface area (Å²) in [4.78, 5) is 32.2. The number of aryl methyl sites for hydroxylation is 4. The molecule has 6 rings (SSSR count). The van der Waals surface area contributed by atoms with E-state index in [0.29, 0.717) is 18.8 Å². The second-order valence-electron chi connectivity index (χ2n) is 9.98. The van der Waals surface area contributed by atoms with Gasteiger partial charge in [-0.25, -0.2) is 9.78 Å². The highest BCUT2D eigenvalue weighted by molar-refractivity contribution is 5.96. The largest absolute Gasteiger partial charge is 0.439 e. The lowest BCUT2D eigenvalue weighted by Gasteiger charge is -2.15. The van der Waals surface area contributed by atoms with E-state index in [1.165, 1.54) is 11.1 Å². The van der Waals surface area contributed by atoms with Crippen LogP contribution in [0.3, 0.4) is 0 Å². The molecule has 4 aromatic rings. The van der Waals surface area contributed by atoms with E-state index >= 15 is 0 Å². The molecule has 1 N–H and O–H groups in total. The summed E-state index contributed by atoms with van der Waals surface area (Å²) >= 11 is 0. The maximum atomic E-state index is 13.0. The van der Waals surface area contributed by atoms with Gasteiger partial charge in [0, 0.05) is 19.4 Å². The van der Waals surface area contributed by atoms with Crippen molar-refractivity contribution in [1.29, 1.82) is 0 Å². The number of fused-ring (bicyclic) bond motifs is 3. The van der Waals surface area contributed by atoms with Crippen LogP contribution >= 0.6 is 0 Å². The van der Waals surface area contributed by atoms with Crippen molar-refractivity contribution in [3.63, 3.8) is 0 Å². The Morgan fingerprint density at radius 2 is 1.81 bits per heavy atom. The molecule has 7 heteroatoms. The summed E-state index contributed by atoms with van der Waals surface area (Å²) in [6, 6.07) is 14.9. The van der Waals surface area contributed by atoms with Gasteiger partial charge in [-0.1, -0.05) is 54.5 Å². The lowest BCUT2D eigenvalue weighted by Crippen LogP contribution is -2.13. The number of carbonyl (C=O) groups excluding carboxylic acids is 1. The second kappa shape index (κ2) is 9.81. The van der Waals surface area contributed by atoms with Gasteiger partial charge in [0.2, 0.25) is 0 Å². The standard InChI is InChI=1S/C30H30N4O3/c1-2-7-28-31-25-10-5-6-11-26(35)29(25)34(28)18-19-12-15-23-21(16-19)14-13-20-8-3-4-9-22(20)24(23)17-27-32-30(36)37-33-27/h3-4,8-9,12,15-17H,2,5-7,10-11,13-14,18H2,1H3,(H,32,33,36)/b24-17+. The fraction of sp³-hybridized carbons (Fsp3) is 0.333. The number of hydrogen-bond donors (Lipinski definition) is 1. The third-order valence-electron chi connectivity index (χ3n) is 7.43. The van der Waals surface area contributed by atoms with Gasteiger partial charge in [-0.2, -0.15) is 0 Å². The van der Waals surface area contributed by atoms with Crippen LogP contribution in [-0.2, 0) is 32.2 Å². The summed E-state index contributed by atoms with van der Waals surface area (Å²) in [6.07, 6.45) is 9.00. The Morgan fingerprint density at radius 3 is 2.65 bits per heavy atom. The van der Waals surface area contributed by atoms with Gasteiger partial charge in [-0.3, -0.25) is 14.3 Å². The first kappa shape index (κ1) is 23.4. The molecule has 188 valence electrons. The van der Waals surface area contributed by atoms with Crippen LogP contribution in [0.5, 0.6) is 0 Å². The van der Waals surface area contributed by atoms with E-state index in [1.807, 2.05) is 12.1 Å². The molecule has 0 saturated carbocycles. The predicted molar refractivity (Wildman–Crippen MR) is 142 cm³/mol. The number of carbonyl (C=O) groups is 1. The molecule has 2 aromatic heterocycles. The lowest BCUT2D eigenvalue weighted by molar-refractivity contribution is 0.0973. The Hall–Kier alpha value is -4.00. The summed E-state index contributed by atoms with van der Waals surface area (Å²) in [6.45, 7) is 2.79. The number of H-pyrrole nitrogens is 1. The highest BCUT2D eigenvalue weighted by Crippen LogP contribution is 2.35. The molecular formula is C30H30N4O3. The fourth-order valence-electron chi connectivity index (χ4n) is 5.73. The van der Waals surface area contributed by atoms with Gasteiger partial charge in [-0.15, -0.1) is 0 Å². The summed E-state index contributed by atoms with van der Waals surface area (Å²) in [5, 5.41) is 3.87. The number of benzene rings is 2. The minimum atomic E-state index is -0.568. The number of nitrogens with one attached hydrogen (secondary N) is 1. The van der Waals surface area contributed by atoms with Crippen LogP contribution in [0.4, 0.5) is 0 Å². The van der Waals surface area contributed by atoms with E-state index in [1.54, 1.807) is 0 Å². The Morgan fingerprint density at radius 1 is 1.00 bits per heavy atom. The maximum absolute atomic E-state index is 13.0. The number of hydrogen-bond acceptors (Lipinski definition) is 5. The van der Waals surface area contributed by atoms with Gasteiger partial charge in [-0.05, 0) is 78.0 Å². The highest BCUT2D eigenvalue weighted by atomic mass is 16.5. The molecule has 2 heterocycles. The molecule has 0 bridgehead atoms.